The van der Waals surface area contributed by atoms with Gasteiger partial charge in [-0.05, 0) is 17.7 Å². The van der Waals surface area contributed by atoms with E-state index in [9.17, 15) is 26.0 Å². The predicted molar refractivity (Wildman–Crippen MR) is 138 cm³/mol. The summed E-state index contributed by atoms with van der Waals surface area (Å²) in [6.07, 6.45) is 6.95. The summed E-state index contributed by atoms with van der Waals surface area (Å²) in [5, 5.41) is 12.2. The van der Waals surface area contributed by atoms with Crippen LogP contribution < -0.4 is 10.1 Å². The second-order valence-electron chi connectivity index (χ2n) is 8.82. The largest absolute Gasteiger partial charge is 0.451 e. The monoisotopic (exact) mass is 591 g/mol. The van der Waals surface area contributed by atoms with Crippen molar-refractivity contribution in [2.24, 2.45) is 0 Å². The van der Waals surface area contributed by atoms with Gasteiger partial charge in [0.25, 0.3) is 0 Å². The molecule has 16 heteroatoms. The van der Waals surface area contributed by atoms with Gasteiger partial charge in [0.1, 0.15) is 10.6 Å². The standard InChI is InChI=1S/C25H21F4N7O4S/c1-39-7-6-35-13-16(11-31-35)33-25-30-9-15-10-32-36(24(15)34-25)12-14-4-3-5-17(8-14)40-22-18(26)20(28)23(41(2,37)38)21(29)19(22)27/h3-5,8-11,13H,6-7,12H2,1-2H3,(H,30,33,34). The summed E-state index contributed by atoms with van der Waals surface area (Å²) in [5.41, 5.74) is 1.67. The first kappa shape index (κ1) is 28.0. The lowest BCUT2D eigenvalue weighted by atomic mass is 10.2. The fourth-order valence-electron chi connectivity index (χ4n) is 3.91. The van der Waals surface area contributed by atoms with Gasteiger partial charge in [0.05, 0.1) is 43.2 Å². The van der Waals surface area contributed by atoms with Crippen molar-refractivity contribution >= 4 is 32.5 Å². The van der Waals surface area contributed by atoms with E-state index in [1.54, 1.807) is 47.3 Å². The van der Waals surface area contributed by atoms with Crippen LogP contribution in [0.15, 0.2) is 53.9 Å². The molecule has 0 aliphatic rings. The third-order valence-electron chi connectivity index (χ3n) is 5.79. The molecule has 1 N–H and O–H groups in total. The Morgan fingerprint density at radius 1 is 1.00 bits per heavy atom. The molecule has 0 radical (unpaired) electrons. The number of sulfone groups is 1. The first-order valence-electron chi connectivity index (χ1n) is 11.8. The van der Waals surface area contributed by atoms with Crippen LogP contribution >= 0.6 is 0 Å². The molecule has 214 valence electrons. The molecule has 2 aromatic carbocycles. The fourth-order valence-corrected chi connectivity index (χ4v) is 4.74. The van der Waals surface area contributed by atoms with Crippen LogP contribution in [-0.4, -0.2) is 57.9 Å². The second-order valence-corrected chi connectivity index (χ2v) is 10.8. The van der Waals surface area contributed by atoms with Crippen molar-refractivity contribution < 1.29 is 35.5 Å². The Morgan fingerprint density at radius 2 is 1.76 bits per heavy atom. The Morgan fingerprint density at radius 3 is 2.46 bits per heavy atom. The van der Waals surface area contributed by atoms with Gasteiger partial charge in [0, 0.05) is 25.8 Å². The Balaban J connectivity index is 1.38. The molecule has 0 unspecified atom stereocenters. The molecule has 0 fully saturated rings. The normalized spacial score (nSPS) is 11.8. The number of benzene rings is 2. The molecule has 0 bridgehead atoms. The van der Waals surface area contributed by atoms with Gasteiger partial charge in [-0.25, -0.2) is 26.9 Å². The molecule has 0 spiro atoms. The number of anilines is 2. The average Bonchev–Trinajstić information content (AvgIpc) is 3.55. The van der Waals surface area contributed by atoms with Gasteiger partial charge in [-0.3, -0.25) is 4.68 Å². The summed E-state index contributed by atoms with van der Waals surface area (Å²) in [5.74, 6) is -9.40. The fraction of sp³-hybridized carbons (Fsp3) is 0.200. The van der Waals surface area contributed by atoms with Crippen LogP contribution in [0, 0.1) is 23.3 Å². The van der Waals surface area contributed by atoms with Crippen LogP contribution in [0.4, 0.5) is 29.2 Å². The summed E-state index contributed by atoms with van der Waals surface area (Å²) >= 11 is 0. The van der Waals surface area contributed by atoms with Crippen molar-refractivity contribution in [2.45, 2.75) is 18.0 Å². The molecule has 3 aromatic heterocycles. The minimum atomic E-state index is -4.59. The molecule has 0 saturated heterocycles. The number of fused-ring (bicyclic) bond motifs is 1. The molecular formula is C25H21F4N7O4S. The van der Waals surface area contributed by atoms with E-state index in [-0.39, 0.29) is 18.2 Å². The molecule has 5 aromatic rings. The number of ether oxygens (including phenoxy) is 2. The molecule has 0 aliphatic carbocycles. The smallest absolute Gasteiger partial charge is 0.229 e. The predicted octanol–water partition coefficient (Wildman–Crippen LogP) is 4.21. The SMILES string of the molecule is COCCn1cc(Nc2ncc3cnn(Cc4cccc(Oc5c(F)c(F)c(S(C)(=O)=O)c(F)c5F)c4)c3n2)cn1. The van der Waals surface area contributed by atoms with Gasteiger partial charge in [-0.1, -0.05) is 12.1 Å². The Labute approximate surface area is 230 Å². The van der Waals surface area contributed by atoms with Gasteiger partial charge < -0.3 is 14.8 Å². The highest BCUT2D eigenvalue weighted by Crippen LogP contribution is 2.35. The Hall–Kier alpha value is -4.57. The molecule has 3 heterocycles. The van der Waals surface area contributed by atoms with Crippen molar-refractivity contribution in [1.29, 1.82) is 0 Å². The zero-order valence-corrected chi connectivity index (χ0v) is 22.3. The van der Waals surface area contributed by atoms with Crippen molar-refractivity contribution in [3.05, 3.63) is 77.9 Å². The van der Waals surface area contributed by atoms with Crippen LogP contribution in [0.2, 0.25) is 0 Å². The number of aromatic nitrogens is 6. The number of rotatable bonds is 10. The quantitative estimate of drug-likeness (QED) is 0.188. The molecule has 0 atom stereocenters. The van der Waals surface area contributed by atoms with E-state index in [2.05, 4.69) is 25.5 Å². The Bertz CT molecular complexity index is 1830. The van der Waals surface area contributed by atoms with Gasteiger partial charge in [0.15, 0.2) is 27.1 Å². The van der Waals surface area contributed by atoms with E-state index in [1.807, 2.05) is 0 Å². The Kier molecular flexibility index (Phi) is 7.59. The third-order valence-corrected chi connectivity index (χ3v) is 6.89. The maximum absolute atomic E-state index is 14.5. The molecule has 0 aliphatic heterocycles. The molecule has 41 heavy (non-hydrogen) atoms. The molecule has 11 nitrogen and oxygen atoms in total. The summed E-state index contributed by atoms with van der Waals surface area (Å²) in [7, 11) is -3.00. The van der Waals surface area contributed by atoms with Crippen LogP contribution in [0.5, 0.6) is 11.5 Å². The number of hydrogen-bond donors (Lipinski definition) is 1. The highest BCUT2D eigenvalue weighted by molar-refractivity contribution is 7.90. The van der Waals surface area contributed by atoms with Gasteiger partial charge in [-0.15, -0.1) is 0 Å². The van der Waals surface area contributed by atoms with Crippen LogP contribution in [0.1, 0.15) is 5.56 Å². The zero-order chi connectivity index (χ0) is 29.3. The number of methoxy groups -OCH3 is 1. The zero-order valence-electron chi connectivity index (χ0n) is 21.5. The lowest BCUT2D eigenvalue weighted by Crippen LogP contribution is -2.11. The van der Waals surface area contributed by atoms with Crippen LogP contribution in [-0.2, 0) is 27.7 Å². The van der Waals surface area contributed by atoms with E-state index in [0.29, 0.717) is 41.7 Å². The van der Waals surface area contributed by atoms with Crippen molar-refractivity contribution in [3.8, 4) is 11.5 Å². The maximum atomic E-state index is 14.5. The number of hydrogen-bond acceptors (Lipinski definition) is 9. The van der Waals surface area contributed by atoms with Crippen molar-refractivity contribution in [1.82, 2.24) is 29.5 Å². The van der Waals surface area contributed by atoms with Gasteiger partial charge >= 0.3 is 0 Å². The summed E-state index contributed by atoms with van der Waals surface area (Å²) in [6, 6.07) is 5.84. The third kappa shape index (κ3) is 5.83. The van der Waals surface area contributed by atoms with Crippen LogP contribution in [0.3, 0.4) is 0 Å². The van der Waals surface area contributed by atoms with E-state index < -0.39 is 43.8 Å². The van der Waals surface area contributed by atoms with E-state index in [0.717, 1.165) is 0 Å². The lowest BCUT2D eigenvalue weighted by Gasteiger charge is -2.13. The van der Waals surface area contributed by atoms with Gasteiger partial charge in [0.2, 0.25) is 23.3 Å². The van der Waals surface area contributed by atoms with Crippen molar-refractivity contribution in [2.75, 3.05) is 25.3 Å². The first-order chi connectivity index (χ1) is 19.5. The van der Waals surface area contributed by atoms with Crippen LogP contribution in [0.25, 0.3) is 11.0 Å². The average molecular weight is 592 g/mol. The lowest BCUT2D eigenvalue weighted by molar-refractivity contribution is 0.183. The summed E-state index contributed by atoms with van der Waals surface area (Å²) in [4.78, 5) is 7.08. The topological polar surface area (TPSA) is 126 Å². The molecule has 5 rings (SSSR count). The van der Waals surface area contributed by atoms with E-state index in [4.69, 9.17) is 9.47 Å². The number of nitrogens with one attached hydrogen (secondary N) is 1. The minimum absolute atomic E-state index is 0.132. The molecular weight excluding hydrogens is 570 g/mol. The minimum Gasteiger partial charge on any atom is -0.451 e. The first-order valence-corrected chi connectivity index (χ1v) is 13.7. The molecule has 0 amide bonds. The van der Waals surface area contributed by atoms with E-state index in [1.165, 1.54) is 18.2 Å². The maximum Gasteiger partial charge on any atom is 0.229 e. The van der Waals surface area contributed by atoms with E-state index >= 15 is 0 Å². The number of nitrogens with zero attached hydrogens (tertiary/aromatic N) is 6. The number of halogens is 4. The van der Waals surface area contributed by atoms with Gasteiger partial charge in [-0.2, -0.15) is 24.0 Å². The highest BCUT2D eigenvalue weighted by Gasteiger charge is 2.32. The summed E-state index contributed by atoms with van der Waals surface area (Å²) < 4.78 is 94.3. The van der Waals surface area contributed by atoms with Crippen molar-refractivity contribution in [3.63, 3.8) is 0 Å². The second kappa shape index (κ2) is 11.1. The summed E-state index contributed by atoms with van der Waals surface area (Å²) in [6.45, 7) is 1.21. The highest BCUT2D eigenvalue weighted by atomic mass is 32.2. The molecule has 0 saturated carbocycles.